The molecule has 148 valence electrons. The molecule has 2 aromatic heterocycles. The standard InChI is InChI=1S/C19H22N4O4S/c1-3-15-17(23-11-5-6-16(27-4-2)18(23)22-15)19(24)21-12-13-7-9-14(10-8-13)28(20,25)26/h5-11H,3-4,12H2,1-2H3,(H,21,24)(H2,20,25,26). The number of carbonyl (C=O) groups is 1. The van der Waals surface area contributed by atoms with E-state index in [4.69, 9.17) is 9.88 Å². The first kappa shape index (κ1) is 19.8. The average Bonchev–Trinajstić information content (AvgIpc) is 3.06. The van der Waals surface area contributed by atoms with E-state index in [0.717, 1.165) is 5.56 Å². The smallest absolute Gasteiger partial charge is 0.270 e. The predicted octanol–water partition coefficient (Wildman–Crippen LogP) is 1.87. The van der Waals surface area contributed by atoms with Crippen LogP contribution in [0.5, 0.6) is 5.75 Å². The molecule has 0 fully saturated rings. The molecular formula is C19H22N4O4S. The first-order chi connectivity index (χ1) is 13.3. The van der Waals surface area contributed by atoms with Crippen molar-refractivity contribution in [2.75, 3.05) is 6.61 Å². The van der Waals surface area contributed by atoms with E-state index < -0.39 is 10.0 Å². The lowest BCUT2D eigenvalue weighted by Gasteiger charge is -2.08. The van der Waals surface area contributed by atoms with Gasteiger partial charge in [-0.05, 0) is 43.2 Å². The van der Waals surface area contributed by atoms with Gasteiger partial charge in [0.15, 0.2) is 11.4 Å². The summed E-state index contributed by atoms with van der Waals surface area (Å²) in [5.41, 5.74) is 2.49. The lowest BCUT2D eigenvalue weighted by atomic mass is 10.2. The highest BCUT2D eigenvalue weighted by molar-refractivity contribution is 7.89. The molecule has 28 heavy (non-hydrogen) atoms. The number of benzene rings is 1. The van der Waals surface area contributed by atoms with Crippen LogP contribution in [0.4, 0.5) is 0 Å². The van der Waals surface area contributed by atoms with Gasteiger partial charge in [0.2, 0.25) is 10.0 Å². The summed E-state index contributed by atoms with van der Waals surface area (Å²) in [6.45, 7) is 4.57. The molecule has 3 rings (SSSR count). The minimum atomic E-state index is -3.74. The molecule has 2 heterocycles. The summed E-state index contributed by atoms with van der Waals surface area (Å²) in [5, 5.41) is 7.95. The summed E-state index contributed by atoms with van der Waals surface area (Å²) in [4.78, 5) is 17.4. The number of rotatable bonds is 7. The van der Waals surface area contributed by atoms with Gasteiger partial charge in [-0.3, -0.25) is 9.20 Å². The van der Waals surface area contributed by atoms with Crippen LogP contribution in [0, 0.1) is 0 Å². The Morgan fingerprint density at radius 1 is 1.21 bits per heavy atom. The van der Waals surface area contributed by atoms with E-state index in [1.165, 1.54) is 12.1 Å². The fourth-order valence-corrected chi connectivity index (χ4v) is 3.42. The number of pyridine rings is 1. The molecule has 3 N–H and O–H groups in total. The van der Waals surface area contributed by atoms with Crippen molar-refractivity contribution in [1.82, 2.24) is 14.7 Å². The quantitative estimate of drug-likeness (QED) is 0.626. The Labute approximate surface area is 163 Å². The van der Waals surface area contributed by atoms with Gasteiger partial charge in [-0.25, -0.2) is 18.5 Å². The summed E-state index contributed by atoms with van der Waals surface area (Å²) < 4.78 is 30.0. The SMILES string of the molecule is CCOc1cccn2c(C(=O)NCc3ccc(S(N)(=O)=O)cc3)c(CC)nc12. The van der Waals surface area contributed by atoms with Crippen molar-refractivity contribution in [1.29, 1.82) is 0 Å². The summed E-state index contributed by atoms with van der Waals surface area (Å²) in [6, 6.07) is 9.68. The minimum absolute atomic E-state index is 0.0288. The Kier molecular flexibility index (Phi) is 5.66. The highest BCUT2D eigenvalue weighted by atomic mass is 32.2. The molecule has 0 aliphatic heterocycles. The number of sulfonamides is 1. The summed E-state index contributed by atoms with van der Waals surface area (Å²) >= 11 is 0. The van der Waals surface area contributed by atoms with E-state index >= 15 is 0 Å². The van der Waals surface area contributed by atoms with Crippen LogP contribution < -0.4 is 15.2 Å². The van der Waals surface area contributed by atoms with Crippen molar-refractivity contribution < 1.29 is 17.9 Å². The molecule has 1 amide bonds. The number of fused-ring (bicyclic) bond motifs is 1. The van der Waals surface area contributed by atoms with E-state index in [-0.39, 0.29) is 17.3 Å². The number of ether oxygens (including phenoxy) is 1. The number of hydrogen-bond donors (Lipinski definition) is 2. The number of nitrogens with one attached hydrogen (secondary N) is 1. The van der Waals surface area contributed by atoms with Gasteiger partial charge in [-0.2, -0.15) is 0 Å². The molecule has 1 aromatic carbocycles. The zero-order chi connectivity index (χ0) is 20.3. The summed E-state index contributed by atoms with van der Waals surface area (Å²) in [6.07, 6.45) is 2.37. The van der Waals surface area contributed by atoms with Gasteiger partial charge < -0.3 is 10.1 Å². The van der Waals surface area contributed by atoms with E-state index in [1.807, 2.05) is 26.0 Å². The van der Waals surface area contributed by atoms with Crippen LogP contribution in [-0.2, 0) is 23.0 Å². The Morgan fingerprint density at radius 2 is 1.93 bits per heavy atom. The number of nitrogens with zero attached hydrogens (tertiary/aromatic N) is 2. The molecule has 0 radical (unpaired) electrons. The normalized spacial score (nSPS) is 11.5. The van der Waals surface area contributed by atoms with Crippen molar-refractivity contribution in [3.05, 3.63) is 59.5 Å². The highest BCUT2D eigenvalue weighted by Crippen LogP contribution is 2.23. The number of hydrogen-bond acceptors (Lipinski definition) is 5. The molecule has 0 aliphatic rings. The maximum absolute atomic E-state index is 12.8. The van der Waals surface area contributed by atoms with Crippen LogP contribution in [0.25, 0.3) is 5.65 Å². The third-order valence-corrected chi connectivity index (χ3v) is 5.17. The minimum Gasteiger partial charge on any atom is -0.490 e. The van der Waals surface area contributed by atoms with E-state index in [0.29, 0.717) is 35.8 Å². The van der Waals surface area contributed by atoms with Gasteiger partial charge in [0.25, 0.3) is 5.91 Å². The third-order valence-electron chi connectivity index (χ3n) is 4.24. The van der Waals surface area contributed by atoms with Gasteiger partial charge in [0.1, 0.15) is 5.69 Å². The van der Waals surface area contributed by atoms with Gasteiger partial charge in [-0.1, -0.05) is 19.1 Å². The van der Waals surface area contributed by atoms with Crippen molar-refractivity contribution in [2.24, 2.45) is 5.14 Å². The van der Waals surface area contributed by atoms with Crippen LogP contribution in [0.2, 0.25) is 0 Å². The highest BCUT2D eigenvalue weighted by Gasteiger charge is 2.20. The predicted molar refractivity (Wildman–Crippen MR) is 105 cm³/mol. The molecule has 0 atom stereocenters. The second kappa shape index (κ2) is 7.99. The molecule has 0 aliphatic carbocycles. The van der Waals surface area contributed by atoms with E-state index in [2.05, 4.69) is 10.3 Å². The largest absolute Gasteiger partial charge is 0.490 e. The molecule has 0 saturated heterocycles. The van der Waals surface area contributed by atoms with Crippen LogP contribution in [0.1, 0.15) is 35.6 Å². The number of amides is 1. The summed E-state index contributed by atoms with van der Waals surface area (Å²) in [5.74, 6) is 0.353. The van der Waals surface area contributed by atoms with E-state index in [9.17, 15) is 13.2 Å². The Bertz CT molecular complexity index is 1100. The number of aromatic nitrogens is 2. The lowest BCUT2D eigenvalue weighted by Crippen LogP contribution is -2.25. The van der Waals surface area contributed by atoms with Crippen molar-refractivity contribution in [3.8, 4) is 5.75 Å². The lowest BCUT2D eigenvalue weighted by molar-refractivity contribution is 0.0944. The maximum atomic E-state index is 12.8. The zero-order valence-corrected chi connectivity index (χ0v) is 16.5. The van der Waals surface area contributed by atoms with Gasteiger partial charge >= 0.3 is 0 Å². The monoisotopic (exact) mass is 402 g/mol. The molecule has 9 heteroatoms. The van der Waals surface area contributed by atoms with Crippen LogP contribution in [0.3, 0.4) is 0 Å². The number of carbonyl (C=O) groups excluding carboxylic acids is 1. The number of primary sulfonamides is 1. The number of nitrogens with two attached hydrogens (primary N) is 1. The first-order valence-corrected chi connectivity index (χ1v) is 10.4. The van der Waals surface area contributed by atoms with Crippen molar-refractivity contribution in [2.45, 2.75) is 31.7 Å². The number of aryl methyl sites for hydroxylation is 1. The van der Waals surface area contributed by atoms with Gasteiger partial charge in [-0.15, -0.1) is 0 Å². The second-order valence-corrected chi connectivity index (χ2v) is 7.69. The molecule has 8 nitrogen and oxygen atoms in total. The van der Waals surface area contributed by atoms with Gasteiger partial charge in [0, 0.05) is 12.7 Å². The molecule has 0 bridgehead atoms. The molecule has 0 unspecified atom stereocenters. The van der Waals surface area contributed by atoms with Crippen LogP contribution in [0.15, 0.2) is 47.5 Å². The third kappa shape index (κ3) is 4.00. The number of imidazole rings is 1. The second-order valence-electron chi connectivity index (χ2n) is 6.13. The molecule has 0 saturated carbocycles. The van der Waals surface area contributed by atoms with Crippen molar-refractivity contribution >= 4 is 21.6 Å². The zero-order valence-electron chi connectivity index (χ0n) is 15.7. The Morgan fingerprint density at radius 3 is 2.54 bits per heavy atom. The molecule has 0 spiro atoms. The van der Waals surface area contributed by atoms with Crippen LogP contribution >= 0.6 is 0 Å². The topological polar surface area (TPSA) is 116 Å². The fourth-order valence-electron chi connectivity index (χ4n) is 2.91. The van der Waals surface area contributed by atoms with Crippen LogP contribution in [-0.4, -0.2) is 30.3 Å². The first-order valence-electron chi connectivity index (χ1n) is 8.87. The average molecular weight is 402 g/mol. The van der Waals surface area contributed by atoms with E-state index in [1.54, 1.807) is 22.7 Å². The maximum Gasteiger partial charge on any atom is 0.270 e. The fraction of sp³-hybridized carbons (Fsp3) is 0.263. The Balaban J connectivity index is 1.84. The molecular weight excluding hydrogens is 380 g/mol. The Hall–Kier alpha value is -2.91. The summed E-state index contributed by atoms with van der Waals surface area (Å²) in [7, 11) is -3.74. The van der Waals surface area contributed by atoms with Gasteiger partial charge in [0.05, 0.1) is 17.2 Å². The molecule has 3 aromatic rings. The van der Waals surface area contributed by atoms with Crippen molar-refractivity contribution in [3.63, 3.8) is 0 Å².